The van der Waals surface area contributed by atoms with Gasteiger partial charge < -0.3 is 10.1 Å². The highest BCUT2D eigenvalue weighted by Crippen LogP contribution is 2.44. The van der Waals surface area contributed by atoms with Crippen molar-refractivity contribution in [1.29, 1.82) is 0 Å². The molecule has 0 radical (unpaired) electrons. The molecule has 1 aromatic rings. The molecular weight excluding hydrogens is 314 g/mol. The van der Waals surface area contributed by atoms with Gasteiger partial charge in [0.1, 0.15) is 5.92 Å². The van der Waals surface area contributed by atoms with E-state index in [0.29, 0.717) is 12.1 Å². The van der Waals surface area contributed by atoms with E-state index in [1.807, 2.05) is 45.0 Å². The van der Waals surface area contributed by atoms with Gasteiger partial charge in [0.2, 0.25) is 0 Å². The highest BCUT2D eigenvalue weighted by molar-refractivity contribution is 6.00. The van der Waals surface area contributed by atoms with Gasteiger partial charge in [-0.05, 0) is 39.2 Å². The fourth-order valence-electron chi connectivity index (χ4n) is 3.71. The number of hydrogen-bond acceptors (Lipinski definition) is 4. The summed E-state index contributed by atoms with van der Waals surface area (Å²) in [5.41, 5.74) is 4.36. The SMILES string of the molecule is C=C1NC2=C(C(=O)CCC2)C(c2ccc(C)cc2)C1C(=O)OC(C)C. The predicted octanol–water partition coefficient (Wildman–Crippen LogP) is 3.77. The van der Waals surface area contributed by atoms with Gasteiger partial charge in [-0.3, -0.25) is 9.59 Å². The zero-order chi connectivity index (χ0) is 18.1. The lowest BCUT2D eigenvalue weighted by Gasteiger charge is -2.38. The predicted molar refractivity (Wildman–Crippen MR) is 96.8 cm³/mol. The Morgan fingerprint density at radius 2 is 1.92 bits per heavy atom. The molecule has 25 heavy (non-hydrogen) atoms. The number of rotatable bonds is 3. The number of benzene rings is 1. The van der Waals surface area contributed by atoms with Gasteiger partial charge in [0.05, 0.1) is 6.10 Å². The van der Waals surface area contributed by atoms with Crippen LogP contribution in [0, 0.1) is 12.8 Å². The molecule has 2 unspecified atom stereocenters. The molecule has 1 aromatic carbocycles. The molecule has 0 bridgehead atoms. The van der Waals surface area contributed by atoms with E-state index in [2.05, 4.69) is 11.9 Å². The smallest absolute Gasteiger partial charge is 0.316 e. The number of esters is 1. The summed E-state index contributed by atoms with van der Waals surface area (Å²) in [5.74, 6) is -1.13. The van der Waals surface area contributed by atoms with Gasteiger partial charge in [0, 0.05) is 29.3 Å². The highest BCUT2D eigenvalue weighted by atomic mass is 16.5. The summed E-state index contributed by atoms with van der Waals surface area (Å²) < 4.78 is 5.48. The lowest BCUT2D eigenvalue weighted by molar-refractivity contribution is -0.151. The third kappa shape index (κ3) is 3.39. The fraction of sp³-hybridized carbons (Fsp3) is 0.429. The lowest BCUT2D eigenvalue weighted by atomic mass is 9.71. The van der Waals surface area contributed by atoms with Crippen LogP contribution in [0.15, 0.2) is 47.8 Å². The van der Waals surface area contributed by atoms with Gasteiger partial charge >= 0.3 is 5.97 Å². The number of nitrogens with one attached hydrogen (secondary N) is 1. The minimum Gasteiger partial charge on any atom is -0.462 e. The molecule has 1 heterocycles. The van der Waals surface area contributed by atoms with Crippen molar-refractivity contribution in [2.75, 3.05) is 0 Å². The van der Waals surface area contributed by atoms with Crippen LogP contribution >= 0.6 is 0 Å². The second kappa shape index (κ2) is 6.87. The molecule has 0 amide bonds. The molecule has 0 spiro atoms. The van der Waals surface area contributed by atoms with Gasteiger partial charge in [0.25, 0.3) is 0 Å². The maximum Gasteiger partial charge on any atom is 0.316 e. The Morgan fingerprint density at radius 3 is 2.56 bits per heavy atom. The van der Waals surface area contributed by atoms with Crippen LogP contribution in [0.4, 0.5) is 0 Å². The maximum atomic E-state index is 12.8. The number of allylic oxidation sites excluding steroid dienone is 2. The largest absolute Gasteiger partial charge is 0.462 e. The van der Waals surface area contributed by atoms with Crippen molar-refractivity contribution < 1.29 is 14.3 Å². The summed E-state index contributed by atoms with van der Waals surface area (Å²) in [6.07, 6.45) is 1.96. The van der Waals surface area contributed by atoms with E-state index in [-0.39, 0.29) is 23.8 Å². The molecule has 132 valence electrons. The van der Waals surface area contributed by atoms with Crippen LogP contribution in [0.1, 0.15) is 50.2 Å². The number of carbonyl (C=O) groups excluding carboxylic acids is 2. The molecule has 1 N–H and O–H groups in total. The maximum absolute atomic E-state index is 12.8. The first kappa shape index (κ1) is 17.5. The summed E-state index contributed by atoms with van der Waals surface area (Å²) in [6, 6.07) is 8.03. The average molecular weight is 339 g/mol. The van der Waals surface area contributed by atoms with Crippen LogP contribution < -0.4 is 5.32 Å². The molecule has 4 nitrogen and oxygen atoms in total. The molecule has 2 aliphatic rings. The zero-order valence-electron chi connectivity index (χ0n) is 15.1. The van der Waals surface area contributed by atoms with Crippen LogP contribution in [0.3, 0.4) is 0 Å². The molecule has 0 saturated heterocycles. The number of ether oxygens (including phenoxy) is 1. The second-order valence-corrected chi connectivity index (χ2v) is 7.17. The van der Waals surface area contributed by atoms with Crippen molar-refractivity contribution >= 4 is 11.8 Å². The summed E-state index contributed by atoms with van der Waals surface area (Å²) in [6.45, 7) is 9.75. The normalized spacial score (nSPS) is 23.4. The van der Waals surface area contributed by atoms with E-state index in [0.717, 1.165) is 35.2 Å². The van der Waals surface area contributed by atoms with E-state index in [9.17, 15) is 9.59 Å². The van der Waals surface area contributed by atoms with Crippen molar-refractivity contribution in [3.05, 3.63) is 58.9 Å². The first-order chi connectivity index (χ1) is 11.9. The Hall–Kier alpha value is -2.36. The summed E-state index contributed by atoms with van der Waals surface area (Å²) in [5, 5.41) is 3.23. The average Bonchev–Trinajstić information content (AvgIpc) is 2.53. The Bertz CT molecular complexity index is 743. The Balaban J connectivity index is 2.11. The van der Waals surface area contributed by atoms with Crippen LogP contribution in [0.25, 0.3) is 0 Å². The van der Waals surface area contributed by atoms with Gasteiger partial charge in [-0.15, -0.1) is 0 Å². The van der Waals surface area contributed by atoms with Crippen LogP contribution in [-0.2, 0) is 14.3 Å². The number of hydrogen-bond donors (Lipinski definition) is 1. The first-order valence-electron chi connectivity index (χ1n) is 8.87. The van der Waals surface area contributed by atoms with E-state index in [1.54, 1.807) is 0 Å². The van der Waals surface area contributed by atoms with E-state index >= 15 is 0 Å². The summed E-state index contributed by atoms with van der Waals surface area (Å²) in [7, 11) is 0. The van der Waals surface area contributed by atoms with Gasteiger partial charge in [-0.1, -0.05) is 36.4 Å². The minimum absolute atomic E-state index is 0.120. The lowest BCUT2D eigenvalue weighted by Crippen LogP contribution is -2.41. The summed E-state index contributed by atoms with van der Waals surface area (Å²) >= 11 is 0. The third-order valence-electron chi connectivity index (χ3n) is 4.83. The minimum atomic E-state index is -0.592. The molecule has 4 heteroatoms. The molecule has 2 atom stereocenters. The quantitative estimate of drug-likeness (QED) is 0.852. The Kier molecular flexibility index (Phi) is 4.80. The fourth-order valence-corrected chi connectivity index (χ4v) is 3.71. The molecular formula is C21H25NO3. The molecule has 0 aromatic heterocycles. The molecule has 1 aliphatic carbocycles. The second-order valence-electron chi connectivity index (χ2n) is 7.17. The number of ketones is 1. The topological polar surface area (TPSA) is 55.4 Å². The van der Waals surface area contributed by atoms with Gasteiger partial charge in [-0.25, -0.2) is 0 Å². The van der Waals surface area contributed by atoms with Crippen LogP contribution in [-0.4, -0.2) is 17.9 Å². The van der Waals surface area contributed by atoms with Crippen molar-refractivity contribution in [3.8, 4) is 0 Å². The molecule has 1 aliphatic heterocycles. The van der Waals surface area contributed by atoms with Crippen molar-refractivity contribution in [2.45, 2.75) is 52.1 Å². The van der Waals surface area contributed by atoms with E-state index < -0.39 is 5.92 Å². The van der Waals surface area contributed by atoms with Crippen LogP contribution in [0.2, 0.25) is 0 Å². The summed E-state index contributed by atoms with van der Waals surface area (Å²) in [4.78, 5) is 25.5. The highest BCUT2D eigenvalue weighted by Gasteiger charge is 2.43. The first-order valence-corrected chi connectivity index (χ1v) is 8.87. The van der Waals surface area contributed by atoms with Gasteiger partial charge in [-0.2, -0.15) is 0 Å². The Morgan fingerprint density at radius 1 is 1.24 bits per heavy atom. The zero-order valence-corrected chi connectivity index (χ0v) is 15.1. The van der Waals surface area contributed by atoms with E-state index in [1.165, 1.54) is 0 Å². The molecule has 0 fully saturated rings. The van der Waals surface area contributed by atoms with Crippen molar-refractivity contribution in [2.24, 2.45) is 5.92 Å². The van der Waals surface area contributed by atoms with Crippen LogP contribution in [0.5, 0.6) is 0 Å². The Labute approximate surface area is 149 Å². The van der Waals surface area contributed by atoms with Crippen molar-refractivity contribution in [3.63, 3.8) is 0 Å². The number of Topliss-reactive ketones (excluding diaryl/α,β-unsaturated/α-hetero) is 1. The number of carbonyl (C=O) groups is 2. The molecule has 0 saturated carbocycles. The third-order valence-corrected chi connectivity index (χ3v) is 4.83. The standard InChI is InChI=1S/C21H25NO3/c1-12(2)25-21(24)18-14(4)22-16-6-5-7-17(23)20(16)19(18)15-10-8-13(3)9-11-15/h8-12,18-19,22H,4-7H2,1-3H3. The number of aryl methyl sites for hydroxylation is 1. The molecule has 3 rings (SSSR count). The van der Waals surface area contributed by atoms with Gasteiger partial charge in [0.15, 0.2) is 5.78 Å². The monoisotopic (exact) mass is 339 g/mol. The van der Waals surface area contributed by atoms with E-state index in [4.69, 9.17) is 4.74 Å². The van der Waals surface area contributed by atoms with Crippen molar-refractivity contribution in [1.82, 2.24) is 5.32 Å².